The van der Waals surface area contributed by atoms with Gasteiger partial charge in [-0.1, -0.05) is 19.1 Å². The Labute approximate surface area is 137 Å². The number of carbonyl (C=O) groups is 1. The monoisotopic (exact) mass is 330 g/mol. The molecule has 1 aromatic rings. The number of nitrogens with one attached hydrogen (secondary N) is 2. The first-order chi connectivity index (χ1) is 10.2. The third kappa shape index (κ3) is 5.81. The van der Waals surface area contributed by atoms with E-state index in [0.717, 1.165) is 19.5 Å². The molecule has 1 fully saturated rings. The fourth-order valence-corrected chi connectivity index (χ4v) is 2.48. The highest BCUT2D eigenvalue weighted by molar-refractivity contribution is 5.85. The summed E-state index contributed by atoms with van der Waals surface area (Å²) in [6.07, 6.45) is 1.96. The molecule has 6 heteroatoms. The predicted molar refractivity (Wildman–Crippen MR) is 87.0 cm³/mol. The van der Waals surface area contributed by atoms with Crippen LogP contribution in [0.5, 0.6) is 5.75 Å². The lowest BCUT2D eigenvalue weighted by Gasteiger charge is -2.30. The molecule has 0 spiro atoms. The summed E-state index contributed by atoms with van der Waals surface area (Å²) in [6, 6.07) is 6.55. The molecule has 0 aliphatic carbocycles. The number of benzene rings is 1. The topological polar surface area (TPSA) is 50.4 Å². The first-order valence-electron chi connectivity index (χ1n) is 7.54. The highest BCUT2D eigenvalue weighted by Crippen LogP contribution is 2.15. The normalized spacial score (nSPS) is 20.8. The molecule has 124 valence electrons. The number of para-hydroxylation sites is 1. The van der Waals surface area contributed by atoms with Gasteiger partial charge in [0.25, 0.3) is 0 Å². The third-order valence-corrected chi connectivity index (χ3v) is 3.77. The van der Waals surface area contributed by atoms with Crippen molar-refractivity contribution >= 4 is 18.3 Å². The molecule has 0 aromatic heterocycles. The number of piperidine rings is 1. The predicted octanol–water partition coefficient (Wildman–Crippen LogP) is 2.52. The lowest BCUT2D eigenvalue weighted by Crippen LogP contribution is -2.48. The Hall–Kier alpha value is -1.33. The summed E-state index contributed by atoms with van der Waals surface area (Å²) in [7, 11) is 0. The van der Waals surface area contributed by atoms with E-state index >= 15 is 0 Å². The zero-order valence-corrected chi connectivity index (χ0v) is 13.6. The molecule has 2 atom stereocenters. The van der Waals surface area contributed by atoms with E-state index in [2.05, 4.69) is 17.6 Å². The Kier molecular flexibility index (Phi) is 8.20. The Morgan fingerprint density at radius 3 is 2.95 bits per heavy atom. The maximum Gasteiger partial charge on any atom is 0.220 e. The molecule has 0 radical (unpaired) electrons. The smallest absolute Gasteiger partial charge is 0.220 e. The third-order valence-electron chi connectivity index (χ3n) is 3.77. The number of rotatable bonds is 6. The van der Waals surface area contributed by atoms with Crippen molar-refractivity contribution in [2.24, 2.45) is 5.92 Å². The summed E-state index contributed by atoms with van der Waals surface area (Å²) >= 11 is 0. The molecule has 22 heavy (non-hydrogen) atoms. The van der Waals surface area contributed by atoms with Gasteiger partial charge in [0.1, 0.15) is 0 Å². The van der Waals surface area contributed by atoms with Crippen molar-refractivity contribution < 1.29 is 13.9 Å². The van der Waals surface area contributed by atoms with Crippen molar-refractivity contribution in [1.29, 1.82) is 0 Å². The van der Waals surface area contributed by atoms with Gasteiger partial charge in [0.2, 0.25) is 5.91 Å². The number of amides is 1. The second-order valence-electron chi connectivity index (χ2n) is 5.53. The maximum atomic E-state index is 13.3. The van der Waals surface area contributed by atoms with Crippen LogP contribution in [0.15, 0.2) is 24.3 Å². The number of hydrogen-bond donors (Lipinski definition) is 2. The summed E-state index contributed by atoms with van der Waals surface area (Å²) in [5.74, 6) is 0.374. The molecular formula is C16H24ClFN2O2. The fraction of sp³-hybridized carbons (Fsp3) is 0.562. The molecule has 1 aliphatic rings. The largest absolute Gasteiger partial charge is 0.491 e. The molecular weight excluding hydrogens is 307 g/mol. The molecule has 0 bridgehead atoms. The van der Waals surface area contributed by atoms with Gasteiger partial charge in [0, 0.05) is 12.5 Å². The van der Waals surface area contributed by atoms with E-state index in [-0.39, 0.29) is 35.9 Å². The Morgan fingerprint density at radius 1 is 1.45 bits per heavy atom. The number of hydrogen-bond acceptors (Lipinski definition) is 3. The molecule has 0 saturated carbocycles. The number of halogens is 2. The first kappa shape index (κ1) is 18.7. The van der Waals surface area contributed by atoms with E-state index in [4.69, 9.17) is 4.74 Å². The highest BCUT2D eigenvalue weighted by atomic mass is 35.5. The minimum absolute atomic E-state index is 0. The van der Waals surface area contributed by atoms with Gasteiger partial charge in [-0.05, 0) is 44.0 Å². The molecule has 4 nitrogen and oxygen atoms in total. The van der Waals surface area contributed by atoms with Crippen LogP contribution in [0.4, 0.5) is 4.39 Å². The fourth-order valence-electron chi connectivity index (χ4n) is 2.48. The number of ether oxygens (including phenoxy) is 1. The van der Waals surface area contributed by atoms with Crippen LogP contribution in [0, 0.1) is 11.7 Å². The van der Waals surface area contributed by atoms with Gasteiger partial charge >= 0.3 is 0 Å². The lowest BCUT2D eigenvalue weighted by molar-refractivity contribution is -0.122. The van der Waals surface area contributed by atoms with Crippen LogP contribution >= 0.6 is 12.4 Å². The molecule has 1 heterocycles. The molecule has 2 rings (SSSR count). The Morgan fingerprint density at radius 2 is 2.23 bits per heavy atom. The Balaban J connectivity index is 0.00000242. The zero-order chi connectivity index (χ0) is 15.1. The molecule has 1 amide bonds. The first-order valence-corrected chi connectivity index (χ1v) is 7.54. The second-order valence-corrected chi connectivity index (χ2v) is 5.53. The maximum absolute atomic E-state index is 13.3. The van der Waals surface area contributed by atoms with Gasteiger partial charge in [-0.25, -0.2) is 4.39 Å². The van der Waals surface area contributed by atoms with Gasteiger partial charge in [0.05, 0.1) is 6.61 Å². The summed E-state index contributed by atoms with van der Waals surface area (Å²) in [5.41, 5.74) is 0. The SMILES string of the molecule is CC1CNCCC1NC(=O)CCCOc1ccccc1F.Cl. The van der Waals surface area contributed by atoms with Gasteiger partial charge in [0.15, 0.2) is 11.6 Å². The van der Waals surface area contributed by atoms with E-state index in [1.165, 1.54) is 6.07 Å². The minimum Gasteiger partial charge on any atom is -0.491 e. The standard InChI is InChI=1S/C16H23FN2O2.ClH/c1-12-11-18-9-8-14(12)19-16(20)7-4-10-21-15-6-3-2-5-13(15)17;/h2-3,5-6,12,14,18H,4,7-11H2,1H3,(H,19,20);1H. The summed E-state index contributed by atoms with van der Waals surface area (Å²) in [6.45, 7) is 4.38. The van der Waals surface area contributed by atoms with Crippen molar-refractivity contribution in [2.75, 3.05) is 19.7 Å². The van der Waals surface area contributed by atoms with E-state index in [1.54, 1.807) is 18.2 Å². The van der Waals surface area contributed by atoms with E-state index in [9.17, 15) is 9.18 Å². The summed E-state index contributed by atoms with van der Waals surface area (Å²) in [4.78, 5) is 11.9. The van der Waals surface area contributed by atoms with Crippen LogP contribution in [0.1, 0.15) is 26.2 Å². The average Bonchev–Trinajstić information content (AvgIpc) is 2.48. The van der Waals surface area contributed by atoms with Crippen LogP contribution in [0.3, 0.4) is 0 Å². The second kappa shape index (κ2) is 9.64. The molecule has 1 saturated heterocycles. The quantitative estimate of drug-likeness (QED) is 0.788. The lowest BCUT2D eigenvalue weighted by atomic mass is 9.95. The van der Waals surface area contributed by atoms with Crippen molar-refractivity contribution in [3.63, 3.8) is 0 Å². The molecule has 2 N–H and O–H groups in total. The van der Waals surface area contributed by atoms with Crippen LogP contribution in [-0.2, 0) is 4.79 Å². The van der Waals surface area contributed by atoms with Crippen molar-refractivity contribution in [1.82, 2.24) is 10.6 Å². The van der Waals surface area contributed by atoms with Crippen molar-refractivity contribution in [3.8, 4) is 5.75 Å². The zero-order valence-electron chi connectivity index (χ0n) is 12.8. The van der Waals surface area contributed by atoms with Gasteiger partial charge in [-0.3, -0.25) is 4.79 Å². The number of carbonyl (C=O) groups excluding carboxylic acids is 1. The van der Waals surface area contributed by atoms with E-state index in [1.807, 2.05) is 0 Å². The average molecular weight is 331 g/mol. The van der Waals surface area contributed by atoms with Crippen LogP contribution in [0.2, 0.25) is 0 Å². The molecule has 1 aliphatic heterocycles. The van der Waals surface area contributed by atoms with Crippen LogP contribution in [0.25, 0.3) is 0 Å². The summed E-state index contributed by atoms with van der Waals surface area (Å²) in [5, 5.41) is 6.38. The Bertz CT molecular complexity index is 473. The van der Waals surface area contributed by atoms with E-state index in [0.29, 0.717) is 25.4 Å². The minimum atomic E-state index is -0.370. The molecule has 1 aromatic carbocycles. The van der Waals surface area contributed by atoms with Gasteiger partial charge < -0.3 is 15.4 Å². The van der Waals surface area contributed by atoms with Crippen LogP contribution < -0.4 is 15.4 Å². The molecule has 2 unspecified atom stereocenters. The van der Waals surface area contributed by atoms with Crippen LogP contribution in [-0.4, -0.2) is 31.6 Å². The van der Waals surface area contributed by atoms with Gasteiger partial charge in [-0.2, -0.15) is 0 Å². The summed E-state index contributed by atoms with van der Waals surface area (Å²) < 4.78 is 18.7. The highest BCUT2D eigenvalue weighted by Gasteiger charge is 2.22. The van der Waals surface area contributed by atoms with E-state index < -0.39 is 0 Å². The van der Waals surface area contributed by atoms with Gasteiger partial charge in [-0.15, -0.1) is 12.4 Å². The van der Waals surface area contributed by atoms with Crippen molar-refractivity contribution in [2.45, 2.75) is 32.2 Å². The van der Waals surface area contributed by atoms with Crippen molar-refractivity contribution in [3.05, 3.63) is 30.1 Å².